The van der Waals surface area contributed by atoms with Gasteiger partial charge in [0.15, 0.2) is 0 Å². The third kappa shape index (κ3) is 7.37. The zero-order valence-electron chi connectivity index (χ0n) is 15.7. The standard InChI is InChI=1S/C21H26N2O3S/c1-21(2,19-11-7-4-8-12-19)17-22-20(24)13-15-23-27(25,26)16-14-18-9-5-3-6-10-18/h3-12,14,16,23H,13,15,17H2,1-2H3,(H,22,24)/b16-14+. The van der Waals surface area contributed by atoms with Gasteiger partial charge in [-0.05, 0) is 17.2 Å². The average molecular weight is 387 g/mol. The number of benzene rings is 2. The summed E-state index contributed by atoms with van der Waals surface area (Å²) >= 11 is 0. The fourth-order valence-corrected chi connectivity index (χ4v) is 3.31. The second kappa shape index (κ2) is 9.48. The topological polar surface area (TPSA) is 75.3 Å². The summed E-state index contributed by atoms with van der Waals surface area (Å²) in [5, 5.41) is 3.98. The van der Waals surface area contributed by atoms with Crippen molar-refractivity contribution >= 4 is 22.0 Å². The quantitative estimate of drug-likeness (QED) is 0.695. The molecule has 2 rings (SSSR count). The average Bonchev–Trinajstić information content (AvgIpc) is 2.66. The van der Waals surface area contributed by atoms with Crippen molar-refractivity contribution in [2.75, 3.05) is 13.1 Å². The molecule has 0 atom stereocenters. The van der Waals surface area contributed by atoms with E-state index in [-0.39, 0.29) is 24.3 Å². The van der Waals surface area contributed by atoms with E-state index in [9.17, 15) is 13.2 Å². The monoisotopic (exact) mass is 386 g/mol. The number of carbonyl (C=O) groups is 1. The van der Waals surface area contributed by atoms with Gasteiger partial charge < -0.3 is 5.32 Å². The summed E-state index contributed by atoms with van der Waals surface area (Å²) in [6.07, 6.45) is 1.61. The molecule has 0 heterocycles. The number of carbonyl (C=O) groups excluding carboxylic acids is 1. The van der Waals surface area contributed by atoms with Crippen LogP contribution in [0.15, 0.2) is 66.1 Å². The lowest BCUT2D eigenvalue weighted by atomic mass is 9.84. The van der Waals surface area contributed by atoms with Gasteiger partial charge in [0, 0.05) is 30.3 Å². The Balaban J connectivity index is 1.76. The third-order valence-electron chi connectivity index (χ3n) is 4.18. The van der Waals surface area contributed by atoms with Crippen molar-refractivity contribution < 1.29 is 13.2 Å². The molecular formula is C21H26N2O3S. The van der Waals surface area contributed by atoms with Crippen LogP contribution in [0.1, 0.15) is 31.4 Å². The molecule has 0 saturated heterocycles. The maximum atomic E-state index is 12.0. The molecule has 0 unspecified atom stereocenters. The minimum atomic E-state index is -3.57. The van der Waals surface area contributed by atoms with Crippen molar-refractivity contribution in [3.05, 3.63) is 77.2 Å². The van der Waals surface area contributed by atoms with E-state index >= 15 is 0 Å². The van der Waals surface area contributed by atoms with Gasteiger partial charge in [-0.3, -0.25) is 4.79 Å². The Labute approximate surface area is 161 Å². The van der Waals surface area contributed by atoms with Gasteiger partial charge in [0.1, 0.15) is 0 Å². The molecule has 5 nitrogen and oxygen atoms in total. The molecule has 0 spiro atoms. The first kappa shape index (κ1) is 20.9. The van der Waals surface area contributed by atoms with Crippen molar-refractivity contribution in [3.63, 3.8) is 0 Å². The highest BCUT2D eigenvalue weighted by molar-refractivity contribution is 7.92. The van der Waals surface area contributed by atoms with Gasteiger partial charge in [0.05, 0.1) is 0 Å². The molecule has 0 aliphatic heterocycles. The number of rotatable bonds is 9. The molecule has 2 aromatic carbocycles. The molecule has 0 saturated carbocycles. The molecule has 6 heteroatoms. The summed E-state index contributed by atoms with van der Waals surface area (Å²) in [5.41, 5.74) is 1.73. The molecule has 0 aliphatic rings. The number of nitrogens with one attached hydrogen (secondary N) is 2. The Kier molecular flexibility index (Phi) is 7.33. The lowest BCUT2D eigenvalue weighted by Crippen LogP contribution is -2.38. The predicted molar refractivity (Wildman–Crippen MR) is 109 cm³/mol. The van der Waals surface area contributed by atoms with Gasteiger partial charge in [0.25, 0.3) is 0 Å². The molecule has 1 amide bonds. The molecule has 144 valence electrons. The van der Waals surface area contributed by atoms with Crippen LogP contribution in [0.2, 0.25) is 0 Å². The van der Waals surface area contributed by atoms with Gasteiger partial charge >= 0.3 is 0 Å². The van der Waals surface area contributed by atoms with Crippen molar-refractivity contribution in [1.82, 2.24) is 10.0 Å². The van der Waals surface area contributed by atoms with E-state index < -0.39 is 10.0 Å². The number of hydrogen-bond donors (Lipinski definition) is 2. The SMILES string of the molecule is CC(C)(CNC(=O)CCNS(=O)(=O)/C=C/c1ccccc1)c1ccccc1. The summed E-state index contributed by atoms with van der Waals surface area (Å²) < 4.78 is 26.3. The van der Waals surface area contributed by atoms with E-state index in [0.717, 1.165) is 16.5 Å². The van der Waals surface area contributed by atoms with E-state index in [1.807, 2.05) is 60.7 Å². The second-order valence-corrected chi connectivity index (χ2v) is 8.58. The van der Waals surface area contributed by atoms with Crippen LogP contribution < -0.4 is 10.0 Å². The summed E-state index contributed by atoms with van der Waals surface area (Å²) in [7, 11) is -3.57. The molecule has 2 N–H and O–H groups in total. The van der Waals surface area contributed by atoms with E-state index in [4.69, 9.17) is 0 Å². The maximum absolute atomic E-state index is 12.0. The number of sulfonamides is 1. The smallest absolute Gasteiger partial charge is 0.233 e. The van der Waals surface area contributed by atoms with E-state index in [1.54, 1.807) is 0 Å². The highest BCUT2D eigenvalue weighted by atomic mass is 32.2. The number of hydrogen-bond acceptors (Lipinski definition) is 3. The van der Waals surface area contributed by atoms with Crippen LogP contribution in [-0.2, 0) is 20.2 Å². The van der Waals surface area contributed by atoms with Crippen LogP contribution in [0.3, 0.4) is 0 Å². The summed E-state index contributed by atoms with van der Waals surface area (Å²) in [5.74, 6) is -0.186. The molecular weight excluding hydrogens is 360 g/mol. The van der Waals surface area contributed by atoms with Crippen molar-refractivity contribution in [1.29, 1.82) is 0 Å². The first-order valence-corrected chi connectivity index (χ1v) is 10.4. The molecule has 0 aliphatic carbocycles. The molecule has 0 aromatic heterocycles. The summed E-state index contributed by atoms with van der Waals surface area (Å²) in [6.45, 7) is 4.65. The van der Waals surface area contributed by atoms with Crippen LogP contribution in [0, 0.1) is 0 Å². The molecule has 0 fully saturated rings. The van der Waals surface area contributed by atoms with Gasteiger partial charge in [-0.1, -0.05) is 74.5 Å². The zero-order chi connectivity index (χ0) is 19.8. The first-order valence-electron chi connectivity index (χ1n) is 8.83. The minimum Gasteiger partial charge on any atom is -0.355 e. The maximum Gasteiger partial charge on any atom is 0.233 e. The lowest BCUT2D eigenvalue weighted by Gasteiger charge is -2.25. The van der Waals surface area contributed by atoms with E-state index in [2.05, 4.69) is 23.9 Å². The molecule has 0 radical (unpaired) electrons. The predicted octanol–water partition coefficient (Wildman–Crippen LogP) is 3.06. The van der Waals surface area contributed by atoms with Crippen LogP contribution in [0.4, 0.5) is 0 Å². The van der Waals surface area contributed by atoms with Gasteiger partial charge in [0.2, 0.25) is 15.9 Å². The van der Waals surface area contributed by atoms with E-state index in [0.29, 0.717) is 6.54 Å². The fraction of sp³-hybridized carbons (Fsp3) is 0.286. The second-order valence-electron chi connectivity index (χ2n) is 6.93. The first-order chi connectivity index (χ1) is 12.8. The van der Waals surface area contributed by atoms with Crippen molar-refractivity contribution in [3.8, 4) is 0 Å². The highest BCUT2D eigenvalue weighted by Crippen LogP contribution is 2.21. The van der Waals surface area contributed by atoms with Gasteiger partial charge in [-0.2, -0.15) is 0 Å². The summed E-state index contributed by atoms with van der Waals surface area (Å²) in [6, 6.07) is 19.1. The van der Waals surface area contributed by atoms with Crippen molar-refractivity contribution in [2.45, 2.75) is 25.7 Å². The van der Waals surface area contributed by atoms with Crippen LogP contribution in [0.25, 0.3) is 6.08 Å². The van der Waals surface area contributed by atoms with Gasteiger partial charge in [-0.15, -0.1) is 0 Å². The molecule has 2 aromatic rings. The highest BCUT2D eigenvalue weighted by Gasteiger charge is 2.21. The Hall–Kier alpha value is -2.44. The summed E-state index contributed by atoms with van der Waals surface area (Å²) in [4.78, 5) is 12.0. The van der Waals surface area contributed by atoms with Crippen LogP contribution in [-0.4, -0.2) is 27.4 Å². The van der Waals surface area contributed by atoms with Crippen molar-refractivity contribution in [2.24, 2.45) is 0 Å². The Morgan fingerprint density at radius 3 is 2.22 bits per heavy atom. The Bertz CT molecular complexity index is 861. The Morgan fingerprint density at radius 1 is 1.00 bits per heavy atom. The normalized spacial score (nSPS) is 12.2. The fourth-order valence-electron chi connectivity index (χ4n) is 2.49. The minimum absolute atomic E-state index is 0.0546. The molecule has 0 bridgehead atoms. The third-order valence-corrected chi connectivity index (χ3v) is 5.28. The Morgan fingerprint density at radius 2 is 1.59 bits per heavy atom. The van der Waals surface area contributed by atoms with E-state index in [1.165, 1.54) is 6.08 Å². The number of amides is 1. The largest absolute Gasteiger partial charge is 0.355 e. The van der Waals surface area contributed by atoms with Crippen LogP contribution in [0.5, 0.6) is 0 Å². The van der Waals surface area contributed by atoms with Crippen LogP contribution >= 0.6 is 0 Å². The van der Waals surface area contributed by atoms with Gasteiger partial charge in [-0.25, -0.2) is 13.1 Å². The lowest BCUT2D eigenvalue weighted by molar-refractivity contribution is -0.121. The zero-order valence-corrected chi connectivity index (χ0v) is 16.5. The molecule has 27 heavy (non-hydrogen) atoms.